The summed E-state index contributed by atoms with van der Waals surface area (Å²) in [4.78, 5) is 20.0. The fraction of sp³-hybridized carbons (Fsp3) is 0.429. The molecule has 7 nitrogen and oxygen atoms in total. The third-order valence-corrected chi connectivity index (χ3v) is 4.70. The second-order valence-corrected chi connectivity index (χ2v) is 7.62. The molecule has 0 radical (unpaired) electrons. The van der Waals surface area contributed by atoms with E-state index in [-0.39, 0.29) is 12.5 Å². The van der Waals surface area contributed by atoms with Crippen LogP contribution >= 0.6 is 0 Å². The van der Waals surface area contributed by atoms with E-state index in [1.165, 1.54) is 0 Å². The SMILES string of the molecule is CCCc1nc(-c2ccc(C3C=NC(OCC(C)(C)C(=O)O)=CC3)cc2)n[nH]1. The Morgan fingerprint density at radius 2 is 2.07 bits per heavy atom. The van der Waals surface area contributed by atoms with Crippen molar-refractivity contribution < 1.29 is 14.6 Å². The number of hydrogen-bond donors (Lipinski definition) is 2. The number of allylic oxidation sites excluding steroid dienone is 1. The van der Waals surface area contributed by atoms with Crippen LogP contribution in [0.3, 0.4) is 0 Å². The number of carboxylic acids is 1. The lowest BCUT2D eigenvalue weighted by molar-refractivity contribution is -0.149. The van der Waals surface area contributed by atoms with Crippen LogP contribution in [-0.2, 0) is 16.0 Å². The highest BCUT2D eigenvalue weighted by molar-refractivity contribution is 5.74. The second kappa shape index (κ2) is 8.37. The zero-order valence-corrected chi connectivity index (χ0v) is 16.5. The summed E-state index contributed by atoms with van der Waals surface area (Å²) >= 11 is 0. The van der Waals surface area contributed by atoms with E-state index >= 15 is 0 Å². The van der Waals surface area contributed by atoms with Gasteiger partial charge in [0.2, 0.25) is 5.88 Å². The van der Waals surface area contributed by atoms with Crippen LogP contribution in [0.15, 0.2) is 41.2 Å². The van der Waals surface area contributed by atoms with Gasteiger partial charge in [-0.1, -0.05) is 31.2 Å². The molecule has 0 fully saturated rings. The molecule has 0 bridgehead atoms. The number of benzene rings is 1. The standard InChI is InChI=1S/C21H26N4O3/c1-4-5-17-23-19(25-24-17)15-8-6-14(7-9-15)16-10-11-18(22-12-16)28-13-21(2,3)20(26)27/h6-9,11-12,16H,4-5,10,13H2,1-3H3,(H,26,27)(H,23,24,25). The normalized spacial score (nSPS) is 16.7. The first-order valence-corrected chi connectivity index (χ1v) is 9.51. The smallest absolute Gasteiger partial charge is 0.312 e. The summed E-state index contributed by atoms with van der Waals surface area (Å²) in [6.45, 7) is 5.46. The van der Waals surface area contributed by atoms with Gasteiger partial charge in [0.25, 0.3) is 0 Å². The molecule has 2 aromatic rings. The summed E-state index contributed by atoms with van der Waals surface area (Å²) in [5, 5.41) is 16.4. The molecule has 1 unspecified atom stereocenters. The molecule has 0 spiro atoms. The van der Waals surface area contributed by atoms with Crippen LogP contribution in [0.4, 0.5) is 0 Å². The van der Waals surface area contributed by atoms with Gasteiger partial charge in [-0.3, -0.25) is 9.89 Å². The van der Waals surface area contributed by atoms with Gasteiger partial charge in [-0.25, -0.2) is 9.98 Å². The molecule has 0 aliphatic carbocycles. The van der Waals surface area contributed by atoms with E-state index in [1.807, 2.05) is 24.4 Å². The van der Waals surface area contributed by atoms with Crippen molar-refractivity contribution in [3.8, 4) is 11.4 Å². The summed E-state index contributed by atoms with van der Waals surface area (Å²) in [5.41, 5.74) is 1.18. The van der Waals surface area contributed by atoms with Crippen molar-refractivity contribution in [3.05, 3.63) is 47.6 Å². The Hall–Kier alpha value is -2.96. The van der Waals surface area contributed by atoms with Gasteiger partial charge in [-0.05, 0) is 38.3 Å². The number of nitrogens with one attached hydrogen (secondary N) is 1. The van der Waals surface area contributed by atoms with Gasteiger partial charge < -0.3 is 9.84 Å². The van der Waals surface area contributed by atoms with Crippen LogP contribution in [0.1, 0.15) is 50.9 Å². The van der Waals surface area contributed by atoms with Gasteiger partial charge >= 0.3 is 5.97 Å². The molecule has 2 N–H and O–H groups in total. The summed E-state index contributed by atoms with van der Waals surface area (Å²) in [5.74, 6) is 1.37. The highest BCUT2D eigenvalue weighted by Crippen LogP contribution is 2.27. The van der Waals surface area contributed by atoms with Crippen molar-refractivity contribution >= 4 is 12.2 Å². The lowest BCUT2D eigenvalue weighted by Gasteiger charge is -2.21. The van der Waals surface area contributed by atoms with Crippen molar-refractivity contribution in [2.45, 2.75) is 46.0 Å². The highest BCUT2D eigenvalue weighted by atomic mass is 16.5. The topological polar surface area (TPSA) is 100 Å². The lowest BCUT2D eigenvalue weighted by Crippen LogP contribution is -2.29. The monoisotopic (exact) mass is 382 g/mol. The van der Waals surface area contributed by atoms with Crippen LogP contribution in [0.2, 0.25) is 0 Å². The maximum Gasteiger partial charge on any atom is 0.312 e. The van der Waals surface area contributed by atoms with Crippen LogP contribution in [-0.4, -0.2) is 39.1 Å². The minimum atomic E-state index is -0.944. The van der Waals surface area contributed by atoms with Gasteiger partial charge in [0.05, 0.1) is 5.41 Å². The lowest BCUT2D eigenvalue weighted by atomic mass is 9.94. The third kappa shape index (κ3) is 4.65. The number of aryl methyl sites for hydroxylation is 1. The molecule has 1 aliphatic heterocycles. The molecule has 1 atom stereocenters. The molecule has 0 amide bonds. The fourth-order valence-corrected chi connectivity index (χ4v) is 2.79. The molecular weight excluding hydrogens is 356 g/mol. The number of aliphatic imine (C=N–C) groups is 1. The third-order valence-electron chi connectivity index (χ3n) is 4.70. The largest absolute Gasteiger partial charge is 0.481 e. The first kappa shape index (κ1) is 19.8. The average molecular weight is 382 g/mol. The first-order valence-electron chi connectivity index (χ1n) is 9.51. The number of H-pyrrole nitrogens is 1. The van der Waals surface area contributed by atoms with Crippen LogP contribution in [0, 0.1) is 5.41 Å². The number of aromatic nitrogens is 3. The van der Waals surface area contributed by atoms with E-state index in [2.05, 4.69) is 39.2 Å². The van der Waals surface area contributed by atoms with Crippen LogP contribution < -0.4 is 0 Å². The number of aliphatic carboxylic acids is 1. The van der Waals surface area contributed by atoms with Gasteiger partial charge in [0.1, 0.15) is 12.4 Å². The molecule has 1 aromatic carbocycles. The maximum absolute atomic E-state index is 11.1. The van der Waals surface area contributed by atoms with E-state index in [1.54, 1.807) is 13.8 Å². The molecule has 7 heteroatoms. The van der Waals surface area contributed by atoms with Gasteiger partial charge in [0, 0.05) is 24.1 Å². The maximum atomic E-state index is 11.1. The molecular formula is C21H26N4O3. The van der Waals surface area contributed by atoms with Crippen LogP contribution in [0.25, 0.3) is 11.4 Å². The molecule has 1 aliphatic rings. The van der Waals surface area contributed by atoms with E-state index in [0.717, 1.165) is 36.2 Å². The number of aromatic amines is 1. The van der Waals surface area contributed by atoms with Gasteiger partial charge in [0.15, 0.2) is 5.82 Å². The number of rotatable bonds is 8. The predicted octanol–water partition coefficient (Wildman–Crippen LogP) is 3.95. The Morgan fingerprint density at radius 3 is 2.68 bits per heavy atom. The molecule has 0 saturated carbocycles. The minimum absolute atomic E-state index is 0.0849. The predicted molar refractivity (Wildman–Crippen MR) is 107 cm³/mol. The van der Waals surface area contributed by atoms with Crippen molar-refractivity contribution in [1.29, 1.82) is 0 Å². The molecule has 2 heterocycles. The van der Waals surface area contributed by atoms with Crippen molar-refractivity contribution in [2.75, 3.05) is 6.61 Å². The Morgan fingerprint density at radius 1 is 1.32 bits per heavy atom. The van der Waals surface area contributed by atoms with Gasteiger partial charge in [-0.2, -0.15) is 5.10 Å². The van der Waals surface area contributed by atoms with E-state index in [4.69, 9.17) is 9.84 Å². The molecule has 3 rings (SSSR count). The first-order chi connectivity index (χ1) is 13.4. The molecule has 148 valence electrons. The van der Waals surface area contributed by atoms with Crippen LogP contribution in [0.5, 0.6) is 0 Å². The Bertz CT molecular complexity index is 881. The molecule has 0 saturated heterocycles. The van der Waals surface area contributed by atoms with E-state index in [0.29, 0.717) is 11.7 Å². The van der Waals surface area contributed by atoms with Gasteiger partial charge in [-0.15, -0.1) is 0 Å². The minimum Gasteiger partial charge on any atom is -0.481 e. The summed E-state index contributed by atoms with van der Waals surface area (Å²) in [7, 11) is 0. The number of carbonyl (C=O) groups is 1. The summed E-state index contributed by atoms with van der Waals surface area (Å²) in [6, 6.07) is 8.17. The number of carboxylic acid groups (broad SMARTS) is 1. The Labute approximate surface area is 164 Å². The van der Waals surface area contributed by atoms with Crippen molar-refractivity contribution in [3.63, 3.8) is 0 Å². The number of ether oxygens (including phenoxy) is 1. The van der Waals surface area contributed by atoms with E-state index < -0.39 is 11.4 Å². The average Bonchev–Trinajstić information content (AvgIpc) is 3.16. The highest BCUT2D eigenvalue weighted by Gasteiger charge is 2.28. The molecule has 1 aromatic heterocycles. The zero-order chi connectivity index (χ0) is 20.1. The van der Waals surface area contributed by atoms with Crippen molar-refractivity contribution in [1.82, 2.24) is 15.2 Å². The Kier molecular flexibility index (Phi) is 5.92. The quantitative estimate of drug-likeness (QED) is 0.720. The molecule has 28 heavy (non-hydrogen) atoms. The summed E-state index contributed by atoms with van der Waals surface area (Å²) < 4.78 is 5.55. The summed E-state index contributed by atoms with van der Waals surface area (Å²) in [6.07, 6.45) is 6.44. The van der Waals surface area contributed by atoms with Crippen molar-refractivity contribution in [2.24, 2.45) is 10.4 Å². The van der Waals surface area contributed by atoms with E-state index in [9.17, 15) is 4.79 Å². The number of nitrogens with zero attached hydrogens (tertiary/aromatic N) is 3. The zero-order valence-electron chi connectivity index (χ0n) is 16.5. The number of hydrogen-bond acceptors (Lipinski definition) is 5. The fourth-order valence-electron chi connectivity index (χ4n) is 2.79. The Balaban J connectivity index is 1.59. The second-order valence-electron chi connectivity index (χ2n) is 7.62.